The summed E-state index contributed by atoms with van der Waals surface area (Å²) < 4.78 is 45.9. The van der Waals surface area contributed by atoms with Gasteiger partial charge in [-0.3, -0.25) is 4.79 Å². The fourth-order valence-corrected chi connectivity index (χ4v) is 2.68. The molecule has 0 bridgehead atoms. The van der Waals surface area contributed by atoms with E-state index < -0.39 is 24.3 Å². The van der Waals surface area contributed by atoms with E-state index in [-0.39, 0.29) is 5.75 Å². The predicted octanol–water partition coefficient (Wildman–Crippen LogP) is 4.73. The summed E-state index contributed by atoms with van der Waals surface area (Å²) in [5, 5.41) is 6.81. The largest absolute Gasteiger partial charge is 0.484 e. The monoisotopic (exact) mass is 453 g/mol. The van der Waals surface area contributed by atoms with Gasteiger partial charge in [-0.05, 0) is 35.9 Å². The lowest BCUT2D eigenvalue weighted by atomic mass is 10.2. The Morgan fingerprint density at radius 1 is 1.14 bits per heavy atom. The molecular formula is C19H15BrF3N3O2. The molecule has 0 atom stereocenters. The molecule has 0 fully saturated rings. The minimum Gasteiger partial charge on any atom is -0.484 e. The third kappa shape index (κ3) is 5.35. The lowest BCUT2D eigenvalue weighted by molar-refractivity contribution is -0.137. The van der Waals surface area contributed by atoms with Crippen molar-refractivity contribution in [1.29, 1.82) is 0 Å². The molecule has 0 radical (unpaired) electrons. The molecule has 3 aromatic rings. The number of rotatable bonds is 6. The number of ether oxygens (including phenoxy) is 1. The molecule has 0 aliphatic rings. The number of anilines is 1. The molecule has 0 unspecified atom stereocenters. The second-order valence-corrected chi connectivity index (χ2v) is 6.78. The Morgan fingerprint density at radius 2 is 1.89 bits per heavy atom. The van der Waals surface area contributed by atoms with E-state index in [1.165, 1.54) is 12.1 Å². The molecule has 0 aliphatic carbocycles. The zero-order chi connectivity index (χ0) is 20.1. The number of nitrogens with zero attached hydrogens (tertiary/aromatic N) is 2. The fraction of sp³-hybridized carbons (Fsp3) is 0.158. The molecule has 146 valence electrons. The summed E-state index contributed by atoms with van der Waals surface area (Å²) in [6, 6.07) is 13.7. The number of alkyl halides is 3. The maximum Gasteiger partial charge on any atom is 0.416 e. The Labute approximate surface area is 167 Å². The van der Waals surface area contributed by atoms with Gasteiger partial charge in [0.15, 0.2) is 6.61 Å². The van der Waals surface area contributed by atoms with Crippen LogP contribution in [0.3, 0.4) is 0 Å². The van der Waals surface area contributed by atoms with E-state index in [2.05, 4.69) is 26.3 Å². The van der Waals surface area contributed by atoms with Crippen LogP contribution in [0.1, 0.15) is 11.1 Å². The quantitative estimate of drug-likeness (QED) is 0.586. The number of benzene rings is 2. The van der Waals surface area contributed by atoms with Crippen LogP contribution in [0.25, 0.3) is 0 Å². The van der Waals surface area contributed by atoms with Gasteiger partial charge in [0.05, 0.1) is 18.3 Å². The second-order valence-electron chi connectivity index (χ2n) is 5.86. The normalized spacial score (nSPS) is 11.3. The first-order chi connectivity index (χ1) is 13.3. The molecule has 0 aliphatic heterocycles. The van der Waals surface area contributed by atoms with Gasteiger partial charge in [0.25, 0.3) is 5.91 Å². The Hall–Kier alpha value is -2.81. The van der Waals surface area contributed by atoms with E-state index in [1.807, 2.05) is 24.3 Å². The van der Waals surface area contributed by atoms with E-state index in [1.54, 1.807) is 16.9 Å². The molecule has 1 heterocycles. The highest BCUT2D eigenvalue weighted by molar-refractivity contribution is 9.10. The molecule has 9 heteroatoms. The number of carbonyl (C=O) groups is 1. The SMILES string of the molecule is O=C(COc1cccc(C(F)(F)F)c1)Nc1ccnn1Cc1ccc(Br)cc1. The number of amides is 1. The van der Waals surface area contributed by atoms with Crippen LogP contribution in [0.5, 0.6) is 5.75 Å². The van der Waals surface area contributed by atoms with Gasteiger partial charge in [-0.2, -0.15) is 18.3 Å². The molecule has 1 aromatic heterocycles. The smallest absolute Gasteiger partial charge is 0.416 e. The van der Waals surface area contributed by atoms with Crippen LogP contribution in [0.2, 0.25) is 0 Å². The van der Waals surface area contributed by atoms with Crippen molar-refractivity contribution in [1.82, 2.24) is 9.78 Å². The number of carbonyl (C=O) groups excluding carboxylic acids is 1. The van der Waals surface area contributed by atoms with Gasteiger partial charge >= 0.3 is 6.18 Å². The zero-order valence-corrected chi connectivity index (χ0v) is 16.0. The van der Waals surface area contributed by atoms with Crippen molar-refractivity contribution in [3.63, 3.8) is 0 Å². The summed E-state index contributed by atoms with van der Waals surface area (Å²) in [5.74, 6) is -0.0797. The number of hydrogen-bond acceptors (Lipinski definition) is 3. The summed E-state index contributed by atoms with van der Waals surface area (Å²) in [5.41, 5.74) is 0.153. The van der Waals surface area contributed by atoms with Gasteiger partial charge in [0.1, 0.15) is 11.6 Å². The minimum absolute atomic E-state index is 0.0339. The summed E-state index contributed by atoms with van der Waals surface area (Å²) in [6.07, 6.45) is -2.93. The predicted molar refractivity (Wildman–Crippen MR) is 101 cm³/mol. The second kappa shape index (κ2) is 8.47. The number of halogens is 4. The Kier molecular flexibility index (Phi) is 6.03. The van der Waals surface area contributed by atoms with Crippen molar-refractivity contribution in [2.45, 2.75) is 12.7 Å². The van der Waals surface area contributed by atoms with E-state index >= 15 is 0 Å². The van der Waals surface area contributed by atoms with Gasteiger partial charge < -0.3 is 10.1 Å². The van der Waals surface area contributed by atoms with Crippen LogP contribution < -0.4 is 10.1 Å². The third-order valence-electron chi connectivity index (χ3n) is 3.76. The summed E-state index contributed by atoms with van der Waals surface area (Å²) in [4.78, 5) is 12.1. The van der Waals surface area contributed by atoms with Crippen LogP contribution in [0.15, 0.2) is 65.3 Å². The van der Waals surface area contributed by atoms with Crippen molar-refractivity contribution in [3.05, 3.63) is 76.4 Å². The Morgan fingerprint density at radius 3 is 2.61 bits per heavy atom. The Balaban J connectivity index is 1.59. The highest BCUT2D eigenvalue weighted by Crippen LogP contribution is 2.31. The highest BCUT2D eigenvalue weighted by Gasteiger charge is 2.30. The molecule has 1 N–H and O–H groups in total. The molecule has 0 saturated carbocycles. The molecule has 1 amide bonds. The number of nitrogens with one attached hydrogen (secondary N) is 1. The van der Waals surface area contributed by atoms with E-state index in [4.69, 9.17) is 4.74 Å². The van der Waals surface area contributed by atoms with E-state index in [0.29, 0.717) is 12.4 Å². The standard InChI is InChI=1S/C19H15BrF3N3O2/c20-15-6-4-13(5-7-15)11-26-17(8-9-24-26)25-18(27)12-28-16-3-1-2-14(10-16)19(21,22)23/h1-10H,11-12H2,(H,25,27). The lowest BCUT2D eigenvalue weighted by Gasteiger charge is -2.11. The van der Waals surface area contributed by atoms with Gasteiger partial charge in [0.2, 0.25) is 0 Å². The van der Waals surface area contributed by atoms with Crippen molar-refractivity contribution in [2.24, 2.45) is 0 Å². The number of aromatic nitrogens is 2. The van der Waals surface area contributed by atoms with Gasteiger partial charge in [-0.1, -0.05) is 34.1 Å². The first-order valence-electron chi connectivity index (χ1n) is 8.17. The van der Waals surface area contributed by atoms with Crippen LogP contribution in [0.4, 0.5) is 19.0 Å². The average molecular weight is 454 g/mol. The van der Waals surface area contributed by atoms with Crippen LogP contribution in [0, 0.1) is 0 Å². The maximum atomic E-state index is 12.7. The molecule has 5 nitrogen and oxygen atoms in total. The summed E-state index contributed by atoms with van der Waals surface area (Å²) in [7, 11) is 0. The molecule has 0 spiro atoms. The minimum atomic E-state index is -4.47. The molecular weight excluding hydrogens is 439 g/mol. The average Bonchev–Trinajstić information content (AvgIpc) is 3.08. The van der Waals surface area contributed by atoms with Crippen molar-refractivity contribution in [2.75, 3.05) is 11.9 Å². The maximum absolute atomic E-state index is 12.7. The Bertz CT molecular complexity index is 956. The van der Waals surface area contributed by atoms with Crippen LogP contribution in [-0.4, -0.2) is 22.3 Å². The van der Waals surface area contributed by atoms with Crippen LogP contribution >= 0.6 is 15.9 Å². The number of hydrogen-bond donors (Lipinski definition) is 1. The van der Waals surface area contributed by atoms with Crippen molar-refractivity contribution in [3.8, 4) is 5.75 Å². The van der Waals surface area contributed by atoms with E-state index in [0.717, 1.165) is 22.2 Å². The molecule has 3 rings (SSSR count). The first-order valence-corrected chi connectivity index (χ1v) is 8.97. The van der Waals surface area contributed by atoms with E-state index in [9.17, 15) is 18.0 Å². The molecule has 2 aromatic carbocycles. The van der Waals surface area contributed by atoms with Crippen LogP contribution in [-0.2, 0) is 17.5 Å². The third-order valence-corrected chi connectivity index (χ3v) is 4.29. The zero-order valence-electron chi connectivity index (χ0n) is 14.4. The molecule has 28 heavy (non-hydrogen) atoms. The van der Waals surface area contributed by atoms with Gasteiger partial charge in [-0.15, -0.1) is 0 Å². The molecule has 0 saturated heterocycles. The highest BCUT2D eigenvalue weighted by atomic mass is 79.9. The first kappa shape index (κ1) is 19.9. The lowest BCUT2D eigenvalue weighted by Crippen LogP contribution is -2.22. The van der Waals surface area contributed by atoms with Crippen molar-refractivity contribution >= 4 is 27.7 Å². The fourth-order valence-electron chi connectivity index (χ4n) is 2.42. The summed E-state index contributed by atoms with van der Waals surface area (Å²) >= 11 is 3.37. The van der Waals surface area contributed by atoms with Gasteiger partial charge in [0, 0.05) is 10.5 Å². The van der Waals surface area contributed by atoms with Crippen molar-refractivity contribution < 1.29 is 22.7 Å². The van der Waals surface area contributed by atoms with Gasteiger partial charge in [-0.25, -0.2) is 4.68 Å². The topological polar surface area (TPSA) is 56.1 Å². The summed E-state index contributed by atoms with van der Waals surface area (Å²) in [6.45, 7) is 0.0230.